The Morgan fingerprint density at radius 2 is 2.12 bits per heavy atom. The number of hydrogen-bond donors (Lipinski definition) is 2. The number of likely N-dealkylation sites (N-methyl/N-ethyl adjacent to an activating group) is 1. The van der Waals surface area contributed by atoms with Crippen LogP contribution in [0, 0.1) is 6.92 Å². The third-order valence-electron chi connectivity index (χ3n) is 4.01. The van der Waals surface area contributed by atoms with E-state index in [2.05, 4.69) is 29.7 Å². The molecular formula is C18H21N3O3S. The summed E-state index contributed by atoms with van der Waals surface area (Å²) in [6.45, 7) is 4.35. The highest BCUT2D eigenvalue weighted by molar-refractivity contribution is 7.11. The number of hydrogen-bond acceptors (Lipinski definition) is 4. The molecule has 1 atom stereocenters. The van der Waals surface area contributed by atoms with E-state index in [-0.39, 0.29) is 11.9 Å². The van der Waals surface area contributed by atoms with E-state index < -0.39 is 6.10 Å². The van der Waals surface area contributed by atoms with Gasteiger partial charge in [-0.15, -0.1) is 11.3 Å². The van der Waals surface area contributed by atoms with Crippen LogP contribution in [-0.4, -0.2) is 31.6 Å². The van der Waals surface area contributed by atoms with Crippen LogP contribution in [0.25, 0.3) is 0 Å². The summed E-state index contributed by atoms with van der Waals surface area (Å²) >= 11 is 1.74. The van der Waals surface area contributed by atoms with Crippen molar-refractivity contribution in [2.45, 2.75) is 26.4 Å². The molecule has 0 saturated carbocycles. The van der Waals surface area contributed by atoms with Gasteiger partial charge in [0.15, 0.2) is 6.10 Å². The van der Waals surface area contributed by atoms with Gasteiger partial charge >= 0.3 is 6.03 Å². The third-order valence-corrected chi connectivity index (χ3v) is 5.07. The second-order valence-electron chi connectivity index (χ2n) is 5.98. The van der Waals surface area contributed by atoms with Crippen LogP contribution in [0.2, 0.25) is 0 Å². The van der Waals surface area contributed by atoms with Gasteiger partial charge in [-0.25, -0.2) is 4.79 Å². The molecule has 0 unspecified atom stereocenters. The second-order valence-corrected chi connectivity index (χ2v) is 7.36. The Balaban J connectivity index is 1.57. The zero-order valence-electron chi connectivity index (χ0n) is 14.5. The van der Waals surface area contributed by atoms with Gasteiger partial charge in [0.2, 0.25) is 0 Å². The fraction of sp³-hybridized carbons (Fsp3) is 0.333. The number of anilines is 2. The predicted molar refractivity (Wildman–Crippen MR) is 99.7 cm³/mol. The Morgan fingerprint density at radius 1 is 1.32 bits per heavy atom. The van der Waals surface area contributed by atoms with E-state index in [0.717, 1.165) is 6.42 Å². The van der Waals surface area contributed by atoms with Gasteiger partial charge < -0.3 is 20.3 Å². The standard InChI is InChI=1S/C18H21N3O3S/c1-11-4-6-14(25-11)8-9-19-18(23)20-13-5-7-15-16(10-13)24-12(2)17(22)21(15)3/h4-7,10,12H,8-9H2,1-3H3,(H2,19,20,23)/t12-/m1/s1. The maximum absolute atomic E-state index is 12.0. The smallest absolute Gasteiger partial charge is 0.319 e. The summed E-state index contributed by atoms with van der Waals surface area (Å²) in [6.07, 6.45) is 0.278. The Kier molecular flexibility index (Phi) is 4.94. The molecule has 1 aromatic carbocycles. The first kappa shape index (κ1) is 17.3. The lowest BCUT2D eigenvalue weighted by Gasteiger charge is -2.30. The molecule has 0 fully saturated rings. The first-order valence-corrected chi connectivity index (χ1v) is 8.94. The van der Waals surface area contributed by atoms with Crippen LogP contribution in [0.3, 0.4) is 0 Å². The number of nitrogens with zero attached hydrogens (tertiary/aromatic N) is 1. The lowest BCUT2D eigenvalue weighted by atomic mass is 10.2. The Morgan fingerprint density at radius 3 is 2.84 bits per heavy atom. The highest BCUT2D eigenvalue weighted by Gasteiger charge is 2.28. The summed E-state index contributed by atoms with van der Waals surface area (Å²) in [5.41, 5.74) is 1.32. The molecule has 2 aromatic rings. The van der Waals surface area contributed by atoms with Crippen LogP contribution >= 0.6 is 11.3 Å². The molecule has 1 aromatic heterocycles. The van der Waals surface area contributed by atoms with Crippen LogP contribution < -0.4 is 20.3 Å². The topological polar surface area (TPSA) is 70.7 Å². The van der Waals surface area contributed by atoms with Gasteiger partial charge in [0, 0.05) is 35.1 Å². The average Bonchev–Trinajstić information content (AvgIpc) is 2.98. The zero-order valence-corrected chi connectivity index (χ0v) is 15.3. The van der Waals surface area contributed by atoms with E-state index in [4.69, 9.17) is 4.74 Å². The number of rotatable bonds is 4. The van der Waals surface area contributed by atoms with Gasteiger partial charge in [-0.05, 0) is 44.5 Å². The van der Waals surface area contributed by atoms with Crippen molar-refractivity contribution in [1.82, 2.24) is 5.32 Å². The largest absolute Gasteiger partial charge is 0.479 e. The normalized spacial score (nSPS) is 16.2. The summed E-state index contributed by atoms with van der Waals surface area (Å²) < 4.78 is 5.62. The van der Waals surface area contributed by atoms with Gasteiger partial charge in [0.25, 0.3) is 5.91 Å². The minimum absolute atomic E-state index is 0.0882. The average molecular weight is 359 g/mol. The number of thiophene rings is 1. The van der Waals surface area contributed by atoms with Crippen molar-refractivity contribution >= 4 is 34.6 Å². The van der Waals surface area contributed by atoms with E-state index in [1.165, 1.54) is 9.75 Å². The molecule has 7 heteroatoms. The highest BCUT2D eigenvalue weighted by atomic mass is 32.1. The Hall–Kier alpha value is -2.54. The first-order valence-electron chi connectivity index (χ1n) is 8.12. The highest BCUT2D eigenvalue weighted by Crippen LogP contribution is 2.35. The Labute approximate surface area is 150 Å². The van der Waals surface area contributed by atoms with Crippen molar-refractivity contribution in [2.24, 2.45) is 0 Å². The summed E-state index contributed by atoms with van der Waals surface area (Å²) in [5.74, 6) is 0.497. The molecule has 132 valence electrons. The molecule has 6 nitrogen and oxygen atoms in total. The Bertz CT molecular complexity index is 803. The van der Waals surface area contributed by atoms with Gasteiger partial charge in [-0.3, -0.25) is 4.79 Å². The predicted octanol–water partition coefficient (Wildman–Crippen LogP) is 3.16. The first-order chi connectivity index (χ1) is 11.9. The number of aryl methyl sites for hydroxylation is 1. The molecule has 0 spiro atoms. The molecular weight excluding hydrogens is 338 g/mol. The van der Waals surface area contributed by atoms with Crippen molar-refractivity contribution in [3.63, 3.8) is 0 Å². The molecule has 0 aliphatic carbocycles. The monoisotopic (exact) mass is 359 g/mol. The van der Waals surface area contributed by atoms with Crippen LogP contribution in [0.15, 0.2) is 30.3 Å². The van der Waals surface area contributed by atoms with E-state index >= 15 is 0 Å². The van der Waals surface area contributed by atoms with E-state index in [9.17, 15) is 9.59 Å². The summed E-state index contributed by atoms with van der Waals surface area (Å²) in [6, 6.07) is 9.15. The number of carbonyl (C=O) groups is 2. The number of amides is 3. The molecule has 25 heavy (non-hydrogen) atoms. The molecule has 3 amide bonds. The summed E-state index contributed by atoms with van der Waals surface area (Å²) in [4.78, 5) is 28.0. The molecule has 0 bridgehead atoms. The minimum atomic E-state index is -0.532. The number of urea groups is 1. The van der Waals surface area contributed by atoms with Crippen LogP contribution in [0.5, 0.6) is 5.75 Å². The number of fused-ring (bicyclic) bond motifs is 1. The SMILES string of the molecule is Cc1ccc(CCNC(=O)Nc2ccc3c(c2)O[C@H](C)C(=O)N3C)s1. The maximum Gasteiger partial charge on any atom is 0.319 e. The van der Waals surface area contributed by atoms with Gasteiger partial charge in [0.1, 0.15) is 5.75 Å². The number of ether oxygens (including phenoxy) is 1. The fourth-order valence-electron chi connectivity index (χ4n) is 2.69. The second kappa shape index (κ2) is 7.14. The number of nitrogens with one attached hydrogen (secondary N) is 2. The van der Waals surface area contributed by atoms with Crippen LogP contribution in [-0.2, 0) is 11.2 Å². The molecule has 0 saturated heterocycles. The van der Waals surface area contributed by atoms with Crippen molar-refractivity contribution in [1.29, 1.82) is 0 Å². The molecule has 1 aliphatic rings. The molecule has 0 radical (unpaired) electrons. The van der Waals surface area contributed by atoms with Crippen molar-refractivity contribution < 1.29 is 14.3 Å². The molecule has 1 aliphatic heterocycles. The number of carbonyl (C=O) groups excluding carboxylic acids is 2. The van der Waals surface area contributed by atoms with Crippen LogP contribution in [0.4, 0.5) is 16.2 Å². The zero-order chi connectivity index (χ0) is 18.0. The molecule has 2 heterocycles. The van der Waals surface area contributed by atoms with Crippen molar-refractivity contribution in [3.05, 3.63) is 40.1 Å². The summed E-state index contributed by atoms with van der Waals surface area (Å²) in [5, 5.41) is 5.64. The fourth-order valence-corrected chi connectivity index (χ4v) is 3.58. The summed E-state index contributed by atoms with van der Waals surface area (Å²) in [7, 11) is 1.71. The van der Waals surface area contributed by atoms with Gasteiger partial charge in [0.05, 0.1) is 5.69 Å². The third kappa shape index (κ3) is 3.93. The molecule has 2 N–H and O–H groups in total. The van der Waals surface area contributed by atoms with E-state index in [1.54, 1.807) is 48.4 Å². The van der Waals surface area contributed by atoms with Crippen molar-refractivity contribution in [3.8, 4) is 5.75 Å². The van der Waals surface area contributed by atoms with Crippen molar-refractivity contribution in [2.75, 3.05) is 23.8 Å². The van der Waals surface area contributed by atoms with Crippen LogP contribution in [0.1, 0.15) is 16.7 Å². The molecule has 3 rings (SSSR count). The minimum Gasteiger partial charge on any atom is -0.479 e. The lowest BCUT2D eigenvalue weighted by Crippen LogP contribution is -2.42. The van der Waals surface area contributed by atoms with E-state index in [0.29, 0.717) is 23.7 Å². The number of benzene rings is 1. The van der Waals surface area contributed by atoms with Gasteiger partial charge in [-0.1, -0.05) is 0 Å². The quantitative estimate of drug-likeness (QED) is 0.881. The van der Waals surface area contributed by atoms with Gasteiger partial charge in [-0.2, -0.15) is 0 Å². The lowest BCUT2D eigenvalue weighted by molar-refractivity contribution is -0.125. The van der Waals surface area contributed by atoms with E-state index in [1.807, 2.05) is 0 Å². The maximum atomic E-state index is 12.0.